The van der Waals surface area contributed by atoms with Crippen LogP contribution in [0.3, 0.4) is 0 Å². The maximum Gasteiger partial charge on any atom is 0.0643 e. The first-order valence-corrected chi connectivity index (χ1v) is 9.04. The van der Waals surface area contributed by atoms with Gasteiger partial charge in [-0.15, -0.1) is 0 Å². The largest absolute Gasteiger partial charge is 0.366 e. The Labute approximate surface area is 132 Å². The van der Waals surface area contributed by atoms with Gasteiger partial charge in [0.15, 0.2) is 0 Å². The summed E-state index contributed by atoms with van der Waals surface area (Å²) in [6.45, 7) is 8.80. The van der Waals surface area contributed by atoms with Crippen LogP contribution < -0.4 is 10.2 Å². The van der Waals surface area contributed by atoms with E-state index in [4.69, 9.17) is 11.6 Å². The summed E-state index contributed by atoms with van der Waals surface area (Å²) in [6.07, 6.45) is 1.15. The highest BCUT2D eigenvalue weighted by Gasteiger charge is 2.21. The standard InChI is InChI=1S/C16H25ClN2S/c1-4-7-18-13(3)14-5-6-16(15(17)10-14)19-8-9-20-11-12(19)2/h5-6,10,12-13,18H,4,7-9,11H2,1-3H3. The molecule has 2 nitrogen and oxygen atoms in total. The van der Waals surface area contributed by atoms with Gasteiger partial charge in [0.25, 0.3) is 0 Å². The smallest absolute Gasteiger partial charge is 0.0643 e. The first-order chi connectivity index (χ1) is 9.63. The van der Waals surface area contributed by atoms with Crippen molar-refractivity contribution in [3.8, 4) is 0 Å². The Morgan fingerprint density at radius 3 is 2.95 bits per heavy atom. The van der Waals surface area contributed by atoms with Gasteiger partial charge in [0.1, 0.15) is 0 Å². The van der Waals surface area contributed by atoms with E-state index in [0.717, 1.165) is 24.5 Å². The van der Waals surface area contributed by atoms with Gasteiger partial charge >= 0.3 is 0 Å². The van der Waals surface area contributed by atoms with E-state index in [0.29, 0.717) is 12.1 Å². The molecular formula is C16H25ClN2S. The van der Waals surface area contributed by atoms with Gasteiger partial charge < -0.3 is 10.2 Å². The third-order valence-corrected chi connectivity index (χ3v) is 5.34. The molecule has 112 valence electrons. The normalized spacial score (nSPS) is 21.0. The predicted molar refractivity (Wildman–Crippen MR) is 92.3 cm³/mol. The van der Waals surface area contributed by atoms with Crippen molar-refractivity contribution in [2.45, 2.75) is 39.3 Å². The van der Waals surface area contributed by atoms with Gasteiger partial charge in [-0.3, -0.25) is 0 Å². The lowest BCUT2D eigenvalue weighted by molar-refractivity contribution is 0.570. The van der Waals surface area contributed by atoms with Crippen LogP contribution in [0.25, 0.3) is 0 Å². The summed E-state index contributed by atoms with van der Waals surface area (Å²) in [5, 5.41) is 4.39. The van der Waals surface area contributed by atoms with Crippen LogP contribution in [0, 0.1) is 0 Å². The van der Waals surface area contributed by atoms with E-state index in [1.54, 1.807) is 0 Å². The molecule has 2 rings (SSSR count). The van der Waals surface area contributed by atoms with Crippen molar-refractivity contribution < 1.29 is 0 Å². The Hall–Kier alpha value is -0.380. The van der Waals surface area contributed by atoms with Gasteiger partial charge in [-0.25, -0.2) is 0 Å². The Balaban J connectivity index is 2.12. The second-order valence-electron chi connectivity index (χ2n) is 5.50. The fraction of sp³-hybridized carbons (Fsp3) is 0.625. The zero-order chi connectivity index (χ0) is 14.5. The zero-order valence-electron chi connectivity index (χ0n) is 12.7. The minimum Gasteiger partial charge on any atom is -0.366 e. The van der Waals surface area contributed by atoms with E-state index < -0.39 is 0 Å². The van der Waals surface area contributed by atoms with Crippen LogP contribution in [0.1, 0.15) is 38.8 Å². The SMILES string of the molecule is CCCNC(C)c1ccc(N2CCSCC2C)c(Cl)c1. The van der Waals surface area contributed by atoms with Crippen LogP contribution in [0.4, 0.5) is 5.69 Å². The molecule has 0 bridgehead atoms. The topological polar surface area (TPSA) is 15.3 Å². The summed E-state index contributed by atoms with van der Waals surface area (Å²) >= 11 is 8.56. The van der Waals surface area contributed by atoms with Crippen LogP contribution in [-0.4, -0.2) is 30.6 Å². The number of halogens is 1. The first kappa shape index (κ1) is 16.0. The van der Waals surface area contributed by atoms with Crippen molar-refractivity contribution in [1.29, 1.82) is 0 Å². The van der Waals surface area contributed by atoms with E-state index in [1.165, 1.54) is 22.8 Å². The highest BCUT2D eigenvalue weighted by atomic mass is 35.5. The van der Waals surface area contributed by atoms with Gasteiger partial charge in [-0.2, -0.15) is 11.8 Å². The molecule has 4 heteroatoms. The van der Waals surface area contributed by atoms with Gasteiger partial charge in [0.05, 0.1) is 10.7 Å². The summed E-state index contributed by atoms with van der Waals surface area (Å²) in [6, 6.07) is 7.44. The molecule has 1 fully saturated rings. The minimum atomic E-state index is 0.357. The maximum atomic E-state index is 6.53. The van der Waals surface area contributed by atoms with Gasteiger partial charge in [-0.1, -0.05) is 24.6 Å². The Kier molecular flexibility index (Phi) is 6.06. The first-order valence-electron chi connectivity index (χ1n) is 7.50. The van der Waals surface area contributed by atoms with Crippen molar-refractivity contribution >= 4 is 29.1 Å². The van der Waals surface area contributed by atoms with E-state index >= 15 is 0 Å². The van der Waals surface area contributed by atoms with Gasteiger partial charge in [0.2, 0.25) is 0 Å². The molecule has 0 amide bonds. The molecule has 1 aromatic carbocycles. The second kappa shape index (κ2) is 7.58. The number of anilines is 1. The number of benzene rings is 1. The number of rotatable bonds is 5. The highest BCUT2D eigenvalue weighted by molar-refractivity contribution is 7.99. The Morgan fingerprint density at radius 2 is 2.30 bits per heavy atom. The monoisotopic (exact) mass is 312 g/mol. The molecule has 2 atom stereocenters. The Morgan fingerprint density at radius 1 is 1.50 bits per heavy atom. The van der Waals surface area contributed by atoms with Crippen molar-refractivity contribution in [3.63, 3.8) is 0 Å². The number of nitrogens with one attached hydrogen (secondary N) is 1. The maximum absolute atomic E-state index is 6.53. The minimum absolute atomic E-state index is 0.357. The van der Waals surface area contributed by atoms with E-state index in [1.807, 2.05) is 11.8 Å². The molecule has 0 radical (unpaired) electrons. The van der Waals surface area contributed by atoms with Crippen molar-refractivity contribution in [1.82, 2.24) is 5.32 Å². The number of hydrogen-bond acceptors (Lipinski definition) is 3. The lowest BCUT2D eigenvalue weighted by Gasteiger charge is -2.35. The van der Waals surface area contributed by atoms with Crippen molar-refractivity contribution in [2.75, 3.05) is 29.5 Å². The van der Waals surface area contributed by atoms with Crippen LogP contribution in [0.15, 0.2) is 18.2 Å². The predicted octanol–water partition coefficient (Wildman–Crippen LogP) is 4.34. The van der Waals surface area contributed by atoms with Gasteiger partial charge in [0, 0.05) is 30.1 Å². The van der Waals surface area contributed by atoms with E-state index in [-0.39, 0.29) is 0 Å². The molecule has 1 heterocycles. The highest BCUT2D eigenvalue weighted by Crippen LogP contribution is 2.32. The summed E-state index contributed by atoms with van der Waals surface area (Å²) in [5.74, 6) is 2.38. The Bertz CT molecular complexity index is 438. The average molecular weight is 313 g/mol. The fourth-order valence-electron chi connectivity index (χ4n) is 2.59. The summed E-state index contributed by atoms with van der Waals surface area (Å²) < 4.78 is 0. The molecule has 0 aliphatic carbocycles. The summed E-state index contributed by atoms with van der Waals surface area (Å²) in [7, 11) is 0. The molecule has 1 saturated heterocycles. The molecule has 0 spiro atoms. The lowest BCUT2D eigenvalue weighted by atomic mass is 10.1. The third kappa shape index (κ3) is 3.84. The zero-order valence-corrected chi connectivity index (χ0v) is 14.2. The lowest BCUT2D eigenvalue weighted by Crippen LogP contribution is -2.40. The quantitative estimate of drug-likeness (QED) is 0.870. The molecule has 1 aliphatic rings. The number of nitrogens with zero attached hydrogens (tertiary/aromatic N) is 1. The van der Waals surface area contributed by atoms with Crippen molar-refractivity contribution in [3.05, 3.63) is 28.8 Å². The number of thioether (sulfide) groups is 1. The fourth-order valence-corrected chi connectivity index (χ4v) is 3.90. The van der Waals surface area contributed by atoms with Crippen LogP contribution in [0.5, 0.6) is 0 Å². The second-order valence-corrected chi connectivity index (χ2v) is 7.06. The summed E-state index contributed by atoms with van der Waals surface area (Å²) in [5.41, 5.74) is 2.46. The summed E-state index contributed by atoms with van der Waals surface area (Å²) in [4.78, 5) is 2.44. The third-order valence-electron chi connectivity index (χ3n) is 3.85. The van der Waals surface area contributed by atoms with Crippen LogP contribution in [-0.2, 0) is 0 Å². The average Bonchev–Trinajstić information content (AvgIpc) is 2.45. The number of hydrogen-bond donors (Lipinski definition) is 1. The molecule has 20 heavy (non-hydrogen) atoms. The molecule has 2 unspecified atom stereocenters. The van der Waals surface area contributed by atoms with E-state index in [2.05, 4.69) is 49.2 Å². The molecular weight excluding hydrogens is 288 g/mol. The molecule has 1 N–H and O–H groups in total. The van der Waals surface area contributed by atoms with Crippen molar-refractivity contribution in [2.24, 2.45) is 0 Å². The molecule has 0 aromatic heterocycles. The molecule has 0 saturated carbocycles. The van der Waals surface area contributed by atoms with Crippen LogP contribution in [0.2, 0.25) is 5.02 Å². The molecule has 1 aromatic rings. The van der Waals surface area contributed by atoms with Crippen LogP contribution >= 0.6 is 23.4 Å². The van der Waals surface area contributed by atoms with E-state index in [9.17, 15) is 0 Å². The molecule has 1 aliphatic heterocycles. The van der Waals surface area contributed by atoms with Gasteiger partial charge in [-0.05, 0) is 44.5 Å².